The van der Waals surface area contributed by atoms with Crippen LogP contribution in [0.3, 0.4) is 0 Å². The quantitative estimate of drug-likeness (QED) is 0.455. The summed E-state index contributed by atoms with van der Waals surface area (Å²) in [4.78, 5) is 17.8. The van der Waals surface area contributed by atoms with Crippen molar-refractivity contribution in [2.75, 3.05) is 11.1 Å². The maximum absolute atomic E-state index is 12.1. The molecule has 0 fully saturated rings. The molecule has 3 nitrogen and oxygen atoms in total. The van der Waals surface area contributed by atoms with Crippen LogP contribution < -0.4 is 5.32 Å². The van der Waals surface area contributed by atoms with Gasteiger partial charge >= 0.3 is 0 Å². The molecule has 0 aliphatic rings. The molecule has 0 spiro atoms. The third kappa shape index (κ3) is 5.72. The minimum atomic E-state index is -0.0452. The molecule has 0 aliphatic heterocycles. The number of nitrogens with one attached hydrogen (secondary N) is 1. The molecule has 0 atom stereocenters. The Labute approximate surface area is 177 Å². The summed E-state index contributed by atoms with van der Waals surface area (Å²) in [5.41, 5.74) is 3.90. The van der Waals surface area contributed by atoms with Crippen LogP contribution in [0.4, 0.5) is 5.69 Å². The van der Waals surface area contributed by atoms with E-state index in [4.69, 9.17) is 23.2 Å². The molecule has 0 unspecified atom stereocenters. The first-order valence-electron chi connectivity index (χ1n) is 8.30. The van der Waals surface area contributed by atoms with Crippen molar-refractivity contribution >= 4 is 57.9 Å². The molecule has 0 bridgehead atoms. The Morgan fingerprint density at radius 1 is 1.15 bits per heavy atom. The van der Waals surface area contributed by atoms with Gasteiger partial charge in [-0.15, -0.1) is 11.3 Å². The number of carbonyl (C=O) groups is 1. The van der Waals surface area contributed by atoms with E-state index in [1.165, 1.54) is 11.8 Å². The van der Waals surface area contributed by atoms with Crippen LogP contribution >= 0.6 is 46.3 Å². The number of benzene rings is 2. The molecule has 0 radical (unpaired) electrons. The Bertz CT molecular complexity index is 955. The minimum absolute atomic E-state index is 0.0452. The van der Waals surface area contributed by atoms with Crippen LogP contribution in [0.1, 0.15) is 21.7 Å². The van der Waals surface area contributed by atoms with E-state index in [1.54, 1.807) is 23.5 Å². The molecule has 3 rings (SSSR count). The molecule has 27 heavy (non-hydrogen) atoms. The molecule has 1 aromatic heterocycles. The summed E-state index contributed by atoms with van der Waals surface area (Å²) in [5.74, 6) is 0.272. The SMILES string of the molecule is Cc1ccc(NC(=O)CSc2nc(C)c(Cc3cc(Cl)ccc3Cl)s2)cc1. The van der Waals surface area contributed by atoms with E-state index in [1.807, 2.05) is 44.2 Å². The van der Waals surface area contributed by atoms with Crippen LogP contribution in [0, 0.1) is 13.8 Å². The number of hydrogen-bond acceptors (Lipinski definition) is 4. The Kier molecular flexibility index (Phi) is 6.82. The Hall–Kier alpha value is -1.53. The maximum atomic E-state index is 12.1. The van der Waals surface area contributed by atoms with E-state index < -0.39 is 0 Å². The fraction of sp³-hybridized carbons (Fsp3) is 0.200. The number of aromatic nitrogens is 1. The van der Waals surface area contributed by atoms with Crippen molar-refractivity contribution in [3.8, 4) is 0 Å². The highest BCUT2D eigenvalue weighted by Crippen LogP contribution is 2.31. The van der Waals surface area contributed by atoms with Crippen LogP contribution in [0.5, 0.6) is 0 Å². The lowest BCUT2D eigenvalue weighted by Gasteiger charge is -2.04. The topological polar surface area (TPSA) is 42.0 Å². The summed E-state index contributed by atoms with van der Waals surface area (Å²) in [7, 11) is 0. The number of rotatable bonds is 6. The van der Waals surface area contributed by atoms with Crippen molar-refractivity contribution in [1.29, 1.82) is 0 Å². The maximum Gasteiger partial charge on any atom is 0.234 e. The van der Waals surface area contributed by atoms with Gasteiger partial charge in [-0.1, -0.05) is 52.7 Å². The van der Waals surface area contributed by atoms with Crippen LogP contribution in [-0.2, 0) is 11.2 Å². The monoisotopic (exact) mass is 436 g/mol. The Morgan fingerprint density at radius 3 is 2.63 bits per heavy atom. The van der Waals surface area contributed by atoms with Gasteiger partial charge in [-0.3, -0.25) is 4.79 Å². The summed E-state index contributed by atoms with van der Waals surface area (Å²) < 4.78 is 0.875. The Morgan fingerprint density at radius 2 is 1.89 bits per heavy atom. The van der Waals surface area contributed by atoms with Gasteiger partial charge in [-0.05, 0) is 49.7 Å². The fourth-order valence-electron chi connectivity index (χ4n) is 2.44. The van der Waals surface area contributed by atoms with Crippen molar-refractivity contribution in [2.24, 2.45) is 0 Å². The lowest BCUT2D eigenvalue weighted by Crippen LogP contribution is -2.13. The molecule has 0 saturated heterocycles. The predicted molar refractivity (Wildman–Crippen MR) is 117 cm³/mol. The van der Waals surface area contributed by atoms with Gasteiger partial charge in [0, 0.05) is 27.0 Å². The van der Waals surface area contributed by atoms with Gasteiger partial charge in [0.2, 0.25) is 5.91 Å². The Balaban J connectivity index is 1.60. The molecular formula is C20H18Cl2N2OS2. The van der Waals surface area contributed by atoms with Gasteiger partial charge in [-0.25, -0.2) is 4.98 Å². The average molecular weight is 437 g/mol. The number of anilines is 1. The van der Waals surface area contributed by atoms with Crippen LogP contribution in [0.25, 0.3) is 0 Å². The number of carbonyl (C=O) groups excluding carboxylic acids is 1. The molecule has 7 heteroatoms. The first kappa shape index (κ1) is 20.2. The van der Waals surface area contributed by atoms with E-state index in [0.29, 0.717) is 22.2 Å². The van der Waals surface area contributed by atoms with Gasteiger partial charge < -0.3 is 5.32 Å². The lowest BCUT2D eigenvalue weighted by molar-refractivity contribution is -0.113. The van der Waals surface area contributed by atoms with E-state index in [9.17, 15) is 4.79 Å². The first-order chi connectivity index (χ1) is 12.9. The van der Waals surface area contributed by atoms with Gasteiger partial charge in [0.25, 0.3) is 0 Å². The normalized spacial score (nSPS) is 10.8. The number of nitrogens with zero attached hydrogens (tertiary/aromatic N) is 1. The number of amides is 1. The molecule has 1 heterocycles. The molecule has 1 amide bonds. The molecular weight excluding hydrogens is 419 g/mol. The number of halogens is 2. The molecule has 1 N–H and O–H groups in total. The standard InChI is InChI=1S/C20H18Cl2N2OS2/c1-12-3-6-16(7-4-12)24-19(25)11-26-20-23-13(2)18(27-20)10-14-9-15(21)5-8-17(14)22/h3-9H,10-11H2,1-2H3,(H,24,25). The summed E-state index contributed by atoms with van der Waals surface area (Å²) >= 11 is 15.4. The number of thioether (sulfide) groups is 1. The average Bonchev–Trinajstić information content (AvgIpc) is 2.98. The first-order valence-corrected chi connectivity index (χ1v) is 10.9. The predicted octanol–water partition coefficient (Wildman–Crippen LogP) is 6.39. The van der Waals surface area contributed by atoms with Gasteiger partial charge in [-0.2, -0.15) is 0 Å². The second kappa shape index (κ2) is 9.11. The zero-order valence-corrected chi connectivity index (χ0v) is 18.0. The summed E-state index contributed by atoms with van der Waals surface area (Å²) in [6.45, 7) is 3.99. The second-order valence-electron chi connectivity index (χ2n) is 6.10. The van der Waals surface area contributed by atoms with Crippen molar-refractivity contribution in [3.63, 3.8) is 0 Å². The van der Waals surface area contributed by atoms with Gasteiger partial charge in [0.15, 0.2) is 4.34 Å². The largest absolute Gasteiger partial charge is 0.325 e. The van der Waals surface area contributed by atoms with E-state index >= 15 is 0 Å². The van der Waals surface area contributed by atoms with Gasteiger partial charge in [0.1, 0.15) is 0 Å². The molecule has 2 aromatic carbocycles. The minimum Gasteiger partial charge on any atom is -0.325 e. The van der Waals surface area contributed by atoms with Crippen molar-refractivity contribution in [3.05, 3.63) is 74.2 Å². The number of hydrogen-bond donors (Lipinski definition) is 1. The van der Waals surface area contributed by atoms with Crippen molar-refractivity contribution in [1.82, 2.24) is 4.98 Å². The van der Waals surface area contributed by atoms with Gasteiger partial charge in [0.05, 0.1) is 11.4 Å². The summed E-state index contributed by atoms with van der Waals surface area (Å²) in [5, 5.41) is 4.26. The van der Waals surface area contributed by atoms with E-state index in [0.717, 1.165) is 31.7 Å². The molecule has 3 aromatic rings. The highest BCUT2D eigenvalue weighted by atomic mass is 35.5. The molecule has 0 aliphatic carbocycles. The zero-order chi connectivity index (χ0) is 19.4. The van der Waals surface area contributed by atoms with Crippen molar-refractivity contribution < 1.29 is 4.79 Å². The van der Waals surface area contributed by atoms with Crippen LogP contribution in [-0.4, -0.2) is 16.6 Å². The zero-order valence-electron chi connectivity index (χ0n) is 14.9. The third-order valence-electron chi connectivity index (χ3n) is 3.89. The lowest BCUT2D eigenvalue weighted by atomic mass is 10.1. The third-order valence-corrected chi connectivity index (χ3v) is 6.80. The second-order valence-corrected chi connectivity index (χ2v) is 9.25. The highest BCUT2D eigenvalue weighted by Gasteiger charge is 2.13. The molecule has 140 valence electrons. The van der Waals surface area contributed by atoms with Crippen LogP contribution in [0.15, 0.2) is 46.8 Å². The van der Waals surface area contributed by atoms with E-state index in [-0.39, 0.29) is 5.91 Å². The highest BCUT2D eigenvalue weighted by molar-refractivity contribution is 8.01. The summed E-state index contributed by atoms with van der Waals surface area (Å²) in [6.07, 6.45) is 0.680. The summed E-state index contributed by atoms with van der Waals surface area (Å²) in [6, 6.07) is 13.2. The molecule has 0 saturated carbocycles. The van der Waals surface area contributed by atoms with Crippen molar-refractivity contribution in [2.45, 2.75) is 24.6 Å². The van der Waals surface area contributed by atoms with E-state index in [2.05, 4.69) is 10.3 Å². The number of thiazole rings is 1. The fourth-order valence-corrected chi connectivity index (χ4v) is 4.88. The smallest absolute Gasteiger partial charge is 0.234 e. The number of aryl methyl sites for hydroxylation is 2. The van der Waals surface area contributed by atoms with Crippen LogP contribution in [0.2, 0.25) is 10.0 Å².